The van der Waals surface area contributed by atoms with Crippen LogP contribution in [0.5, 0.6) is 11.5 Å². The normalized spacial score (nSPS) is 12.6. The summed E-state index contributed by atoms with van der Waals surface area (Å²) in [6.07, 6.45) is 0.720. The van der Waals surface area contributed by atoms with E-state index in [1.807, 2.05) is 44.2 Å². The number of ether oxygens (including phenoxy) is 2. The van der Waals surface area contributed by atoms with Gasteiger partial charge in [0.15, 0.2) is 0 Å². The minimum absolute atomic E-state index is 0.0631. The largest absolute Gasteiger partial charge is 0.497 e. The summed E-state index contributed by atoms with van der Waals surface area (Å²) in [5, 5.41) is 5.38. The molecule has 2 aromatic rings. The third kappa shape index (κ3) is 5.16. The van der Waals surface area contributed by atoms with E-state index in [2.05, 4.69) is 10.6 Å². The molecule has 0 heterocycles. The molecule has 0 spiro atoms. The summed E-state index contributed by atoms with van der Waals surface area (Å²) in [5.41, 5.74) is 7.56. The van der Waals surface area contributed by atoms with Crippen LogP contribution in [0.25, 0.3) is 11.1 Å². The number of carbonyl (C=O) groups is 2. The maximum atomic E-state index is 12.7. The molecule has 0 aliphatic rings. The van der Waals surface area contributed by atoms with Crippen LogP contribution >= 0.6 is 0 Å². The predicted molar refractivity (Wildman–Crippen MR) is 110 cm³/mol. The molecule has 4 N–H and O–H groups in total. The summed E-state index contributed by atoms with van der Waals surface area (Å²) in [6.45, 7) is 3.83. The van der Waals surface area contributed by atoms with Crippen molar-refractivity contribution in [2.45, 2.75) is 26.3 Å². The van der Waals surface area contributed by atoms with Crippen LogP contribution in [-0.4, -0.2) is 32.2 Å². The van der Waals surface area contributed by atoms with Gasteiger partial charge in [0.2, 0.25) is 5.91 Å². The SMILES string of the molecule is CC[C@H](C)[C@H](NC(N)=O)C(=O)Nc1ccc(OC)c(-c2ccc(OC)cc2)c1. The van der Waals surface area contributed by atoms with E-state index in [1.54, 1.807) is 26.4 Å². The van der Waals surface area contributed by atoms with Crippen LogP contribution in [0.3, 0.4) is 0 Å². The van der Waals surface area contributed by atoms with E-state index in [1.165, 1.54) is 0 Å². The lowest BCUT2D eigenvalue weighted by Gasteiger charge is -2.23. The highest BCUT2D eigenvalue weighted by atomic mass is 16.5. The third-order valence-corrected chi connectivity index (χ3v) is 4.66. The molecule has 0 unspecified atom stereocenters. The summed E-state index contributed by atoms with van der Waals surface area (Å²) in [4.78, 5) is 24.0. The van der Waals surface area contributed by atoms with Crippen LogP contribution in [0.15, 0.2) is 42.5 Å². The fourth-order valence-electron chi connectivity index (χ4n) is 2.86. The number of carbonyl (C=O) groups excluding carboxylic acids is 2. The number of hydrogen-bond acceptors (Lipinski definition) is 4. The Bertz CT molecular complexity index is 821. The van der Waals surface area contributed by atoms with Gasteiger partial charge in [-0.15, -0.1) is 0 Å². The number of urea groups is 1. The van der Waals surface area contributed by atoms with Gasteiger partial charge in [-0.05, 0) is 41.8 Å². The molecule has 0 radical (unpaired) electrons. The van der Waals surface area contributed by atoms with Gasteiger partial charge in [0.25, 0.3) is 0 Å². The summed E-state index contributed by atoms with van der Waals surface area (Å²) >= 11 is 0. The number of rotatable bonds is 8. The molecule has 3 amide bonds. The lowest BCUT2D eigenvalue weighted by molar-refractivity contribution is -0.119. The first-order chi connectivity index (χ1) is 13.4. The second-order valence-electron chi connectivity index (χ2n) is 6.50. The van der Waals surface area contributed by atoms with Crippen molar-refractivity contribution >= 4 is 17.6 Å². The van der Waals surface area contributed by atoms with Gasteiger partial charge in [-0.2, -0.15) is 0 Å². The summed E-state index contributed by atoms with van der Waals surface area (Å²) < 4.78 is 10.7. The van der Waals surface area contributed by atoms with E-state index < -0.39 is 12.1 Å². The van der Waals surface area contributed by atoms with E-state index >= 15 is 0 Å². The maximum Gasteiger partial charge on any atom is 0.312 e. The first kappa shape index (κ1) is 21.1. The van der Waals surface area contributed by atoms with Gasteiger partial charge in [-0.1, -0.05) is 32.4 Å². The van der Waals surface area contributed by atoms with Crippen molar-refractivity contribution in [1.29, 1.82) is 0 Å². The fourth-order valence-corrected chi connectivity index (χ4v) is 2.86. The van der Waals surface area contributed by atoms with E-state index in [4.69, 9.17) is 15.2 Å². The average molecular weight is 385 g/mol. The van der Waals surface area contributed by atoms with Gasteiger partial charge in [0, 0.05) is 11.3 Å². The molecule has 7 heteroatoms. The number of nitrogens with two attached hydrogens (primary N) is 1. The van der Waals surface area contributed by atoms with E-state index in [-0.39, 0.29) is 11.8 Å². The fraction of sp³-hybridized carbons (Fsp3) is 0.333. The molecule has 7 nitrogen and oxygen atoms in total. The lowest BCUT2D eigenvalue weighted by Crippen LogP contribution is -2.49. The molecule has 0 aliphatic heterocycles. The van der Waals surface area contributed by atoms with Crippen LogP contribution in [-0.2, 0) is 4.79 Å². The average Bonchev–Trinajstić information content (AvgIpc) is 2.71. The van der Waals surface area contributed by atoms with Crippen LogP contribution < -0.4 is 25.8 Å². The maximum absolute atomic E-state index is 12.7. The van der Waals surface area contributed by atoms with Crippen molar-refractivity contribution in [1.82, 2.24) is 5.32 Å². The molecule has 0 saturated carbocycles. The number of nitrogens with one attached hydrogen (secondary N) is 2. The van der Waals surface area contributed by atoms with Gasteiger partial charge in [0.1, 0.15) is 17.5 Å². The van der Waals surface area contributed by atoms with Crippen LogP contribution in [0.2, 0.25) is 0 Å². The van der Waals surface area contributed by atoms with E-state index in [0.29, 0.717) is 11.4 Å². The molecule has 0 saturated heterocycles. The predicted octanol–water partition coefficient (Wildman–Crippen LogP) is 3.39. The third-order valence-electron chi connectivity index (χ3n) is 4.66. The summed E-state index contributed by atoms with van der Waals surface area (Å²) in [5.74, 6) is 1.05. The second kappa shape index (κ2) is 9.64. The zero-order valence-electron chi connectivity index (χ0n) is 16.6. The van der Waals surface area contributed by atoms with Crippen molar-refractivity contribution in [3.8, 4) is 22.6 Å². The molecule has 0 bridgehead atoms. The smallest absolute Gasteiger partial charge is 0.312 e. The van der Waals surface area contributed by atoms with Crippen molar-refractivity contribution in [3.63, 3.8) is 0 Å². The Hall–Kier alpha value is -3.22. The number of amides is 3. The molecule has 28 heavy (non-hydrogen) atoms. The Balaban J connectivity index is 2.30. The topological polar surface area (TPSA) is 103 Å². The Morgan fingerprint density at radius 1 is 1.07 bits per heavy atom. The highest BCUT2D eigenvalue weighted by molar-refractivity contribution is 5.97. The zero-order chi connectivity index (χ0) is 20.7. The van der Waals surface area contributed by atoms with E-state index in [0.717, 1.165) is 23.3 Å². The quantitative estimate of drug-likeness (QED) is 0.648. The first-order valence-electron chi connectivity index (χ1n) is 9.08. The van der Waals surface area contributed by atoms with Gasteiger partial charge in [0.05, 0.1) is 14.2 Å². The number of methoxy groups -OCH3 is 2. The van der Waals surface area contributed by atoms with Crippen molar-refractivity contribution in [3.05, 3.63) is 42.5 Å². The Kier molecular flexibility index (Phi) is 7.26. The second-order valence-corrected chi connectivity index (χ2v) is 6.50. The minimum atomic E-state index is -0.728. The summed E-state index contributed by atoms with van der Waals surface area (Å²) in [7, 11) is 3.20. The molecule has 150 valence electrons. The monoisotopic (exact) mass is 385 g/mol. The Morgan fingerprint density at radius 2 is 1.75 bits per heavy atom. The number of anilines is 1. The zero-order valence-corrected chi connectivity index (χ0v) is 16.6. The first-order valence-corrected chi connectivity index (χ1v) is 9.08. The minimum Gasteiger partial charge on any atom is -0.497 e. The number of benzene rings is 2. The van der Waals surface area contributed by atoms with E-state index in [9.17, 15) is 9.59 Å². The molecular weight excluding hydrogens is 358 g/mol. The van der Waals surface area contributed by atoms with Crippen LogP contribution in [0.1, 0.15) is 20.3 Å². The van der Waals surface area contributed by atoms with Crippen molar-refractivity contribution < 1.29 is 19.1 Å². The van der Waals surface area contributed by atoms with Crippen LogP contribution in [0, 0.1) is 5.92 Å². The van der Waals surface area contributed by atoms with Crippen LogP contribution in [0.4, 0.5) is 10.5 Å². The highest BCUT2D eigenvalue weighted by Crippen LogP contribution is 2.33. The number of hydrogen-bond donors (Lipinski definition) is 3. The van der Waals surface area contributed by atoms with Gasteiger partial charge < -0.3 is 25.8 Å². The molecule has 0 aromatic heterocycles. The lowest BCUT2D eigenvalue weighted by atomic mass is 9.98. The molecule has 0 aliphatic carbocycles. The molecule has 0 fully saturated rings. The van der Waals surface area contributed by atoms with Gasteiger partial charge in [-0.3, -0.25) is 4.79 Å². The van der Waals surface area contributed by atoms with Crippen molar-refractivity contribution in [2.24, 2.45) is 11.7 Å². The van der Waals surface area contributed by atoms with Gasteiger partial charge >= 0.3 is 6.03 Å². The Labute approximate surface area is 165 Å². The molecule has 2 rings (SSSR count). The molecule has 2 atom stereocenters. The summed E-state index contributed by atoms with van der Waals surface area (Å²) in [6, 6.07) is 11.5. The molecule has 2 aromatic carbocycles. The standard InChI is InChI=1S/C21H27N3O4/c1-5-13(2)19(24-21(22)26)20(25)23-15-8-11-18(28-4)17(12-15)14-6-9-16(27-3)10-7-14/h6-13,19H,5H2,1-4H3,(H,23,25)(H3,22,24,26)/t13-,19-/m0/s1. The molecular formula is C21H27N3O4. The highest BCUT2D eigenvalue weighted by Gasteiger charge is 2.25. The van der Waals surface area contributed by atoms with Gasteiger partial charge in [-0.25, -0.2) is 4.79 Å². The van der Waals surface area contributed by atoms with Crippen molar-refractivity contribution in [2.75, 3.05) is 19.5 Å². The Morgan fingerprint density at radius 3 is 2.29 bits per heavy atom. The number of primary amides is 1.